The molecule has 0 bridgehead atoms. The van der Waals surface area contributed by atoms with Crippen molar-refractivity contribution in [2.24, 2.45) is 0 Å². The highest BCUT2D eigenvalue weighted by Gasteiger charge is 2.13. The fourth-order valence-corrected chi connectivity index (χ4v) is 2.06. The molecule has 0 aliphatic rings. The number of benzene rings is 2. The Morgan fingerprint density at radius 1 is 1.00 bits per heavy atom. The number of para-hydroxylation sites is 2. The van der Waals surface area contributed by atoms with Crippen molar-refractivity contribution in [2.75, 3.05) is 0 Å². The molecule has 0 fully saturated rings. The lowest BCUT2D eigenvalue weighted by Crippen LogP contribution is -3.00. The minimum Gasteiger partial charge on any atom is -1.00 e. The first kappa shape index (κ1) is 13.5. The van der Waals surface area contributed by atoms with Crippen LogP contribution in [-0.4, -0.2) is 10.8 Å². The van der Waals surface area contributed by atoms with Crippen LogP contribution in [0.3, 0.4) is 0 Å². The molecule has 19 heavy (non-hydrogen) atoms. The number of nitrogens with one attached hydrogen (secondary N) is 1. The number of H-pyrrole nitrogens is 1. The number of hydrogen-bond acceptors (Lipinski definition) is 1. The van der Waals surface area contributed by atoms with Gasteiger partial charge in [0.15, 0.2) is 17.6 Å². The molecule has 96 valence electrons. The van der Waals surface area contributed by atoms with Crippen molar-refractivity contribution >= 4 is 16.8 Å². The molecule has 4 heteroatoms. The second kappa shape index (κ2) is 5.80. The third-order valence-corrected chi connectivity index (χ3v) is 3.00. The van der Waals surface area contributed by atoms with E-state index in [1.165, 1.54) is 0 Å². The Kier molecular flexibility index (Phi) is 4.12. The van der Waals surface area contributed by atoms with Crippen LogP contribution in [0, 0.1) is 0 Å². The van der Waals surface area contributed by atoms with Gasteiger partial charge in [-0.05, 0) is 12.1 Å². The van der Waals surface area contributed by atoms with Crippen LogP contribution >= 0.6 is 0 Å². The summed E-state index contributed by atoms with van der Waals surface area (Å²) in [5.41, 5.74) is 2.83. The van der Waals surface area contributed by atoms with Crippen LogP contribution in [0.5, 0.6) is 0 Å². The van der Waals surface area contributed by atoms with Crippen LogP contribution in [0.15, 0.2) is 60.9 Å². The van der Waals surface area contributed by atoms with E-state index < -0.39 is 0 Å². The quantitative estimate of drug-likeness (QED) is 0.505. The average molecular weight is 317 g/mol. The minimum atomic E-state index is 0. The van der Waals surface area contributed by atoms with Crippen LogP contribution in [0.25, 0.3) is 11.0 Å². The van der Waals surface area contributed by atoms with Crippen LogP contribution in [0.4, 0.5) is 0 Å². The molecule has 3 nitrogen and oxygen atoms in total. The van der Waals surface area contributed by atoms with E-state index in [1.807, 2.05) is 65.5 Å². The second-order valence-corrected chi connectivity index (χ2v) is 4.21. The van der Waals surface area contributed by atoms with Gasteiger partial charge in [0.25, 0.3) is 0 Å². The molecular weight excluding hydrogens is 304 g/mol. The van der Waals surface area contributed by atoms with E-state index >= 15 is 0 Å². The SMILES string of the molecule is O=C(C[n+]1c[nH]c2ccccc21)c1ccccc1.[Br-]. The van der Waals surface area contributed by atoms with Gasteiger partial charge in [-0.15, -0.1) is 0 Å². The predicted octanol–water partition coefficient (Wildman–Crippen LogP) is -0.658. The van der Waals surface area contributed by atoms with E-state index in [9.17, 15) is 4.79 Å². The highest BCUT2D eigenvalue weighted by atomic mass is 79.9. The van der Waals surface area contributed by atoms with Gasteiger partial charge in [0.2, 0.25) is 12.1 Å². The van der Waals surface area contributed by atoms with Crippen molar-refractivity contribution in [1.29, 1.82) is 0 Å². The maximum Gasteiger partial charge on any atom is 0.242 e. The monoisotopic (exact) mass is 316 g/mol. The molecule has 0 amide bonds. The van der Waals surface area contributed by atoms with E-state index in [0.717, 1.165) is 16.6 Å². The van der Waals surface area contributed by atoms with Gasteiger partial charge in [-0.3, -0.25) is 4.79 Å². The Bertz CT molecular complexity index is 691. The first-order valence-corrected chi connectivity index (χ1v) is 5.88. The smallest absolute Gasteiger partial charge is 0.242 e. The lowest BCUT2D eigenvalue weighted by atomic mass is 10.1. The third-order valence-electron chi connectivity index (χ3n) is 3.00. The van der Waals surface area contributed by atoms with Crippen LogP contribution < -0.4 is 21.5 Å². The topological polar surface area (TPSA) is 36.7 Å². The summed E-state index contributed by atoms with van der Waals surface area (Å²) < 4.78 is 1.94. The van der Waals surface area contributed by atoms with Crippen molar-refractivity contribution in [3.05, 3.63) is 66.5 Å². The molecular formula is C15H13BrN2O. The Morgan fingerprint density at radius 3 is 2.47 bits per heavy atom. The van der Waals surface area contributed by atoms with Crippen molar-refractivity contribution in [3.8, 4) is 0 Å². The van der Waals surface area contributed by atoms with Gasteiger partial charge < -0.3 is 17.0 Å². The van der Waals surface area contributed by atoms with Gasteiger partial charge in [-0.25, -0.2) is 9.55 Å². The Labute approximate surface area is 121 Å². The standard InChI is InChI=1S/C15H12N2O.BrH/c18-15(12-6-2-1-3-7-12)10-17-11-16-13-8-4-5-9-14(13)17;/h1-9,11H,10H2;1H. The molecule has 0 saturated carbocycles. The van der Waals surface area contributed by atoms with E-state index in [1.54, 1.807) is 0 Å². The molecule has 3 aromatic rings. The number of Topliss-reactive ketones (excluding diaryl/α,β-unsaturated/α-hetero) is 1. The molecule has 0 radical (unpaired) electrons. The number of aromatic amines is 1. The fourth-order valence-electron chi connectivity index (χ4n) is 2.06. The number of halogens is 1. The van der Waals surface area contributed by atoms with Crippen molar-refractivity contribution < 1.29 is 26.3 Å². The average Bonchev–Trinajstić information content (AvgIpc) is 2.83. The molecule has 0 aliphatic carbocycles. The van der Waals surface area contributed by atoms with E-state index in [0.29, 0.717) is 6.54 Å². The van der Waals surface area contributed by atoms with Gasteiger partial charge in [0, 0.05) is 5.56 Å². The van der Waals surface area contributed by atoms with Crippen molar-refractivity contribution in [1.82, 2.24) is 4.98 Å². The summed E-state index contributed by atoms with van der Waals surface area (Å²) in [6.45, 7) is 0.355. The zero-order valence-corrected chi connectivity index (χ0v) is 11.8. The van der Waals surface area contributed by atoms with Gasteiger partial charge in [-0.1, -0.05) is 42.5 Å². The zero-order chi connectivity index (χ0) is 12.4. The summed E-state index contributed by atoms with van der Waals surface area (Å²) in [6.07, 6.45) is 1.84. The molecule has 0 spiro atoms. The molecule has 0 atom stereocenters. The largest absolute Gasteiger partial charge is 1.00 e. The number of imidazole rings is 1. The van der Waals surface area contributed by atoms with Crippen molar-refractivity contribution in [3.63, 3.8) is 0 Å². The van der Waals surface area contributed by atoms with Gasteiger partial charge in [0.1, 0.15) is 0 Å². The number of ketones is 1. The highest BCUT2D eigenvalue weighted by molar-refractivity contribution is 5.95. The molecule has 2 aromatic carbocycles. The van der Waals surface area contributed by atoms with Gasteiger partial charge in [0.05, 0.1) is 0 Å². The minimum absolute atomic E-state index is 0. The normalized spacial score (nSPS) is 10.1. The fraction of sp³-hybridized carbons (Fsp3) is 0.0667. The summed E-state index contributed by atoms with van der Waals surface area (Å²) in [5, 5.41) is 0. The molecule has 0 saturated heterocycles. The number of carbonyl (C=O) groups excluding carboxylic acids is 1. The Hall–Kier alpha value is -1.94. The summed E-state index contributed by atoms with van der Waals surface area (Å²) in [5.74, 6) is 0.116. The molecule has 1 aromatic heterocycles. The molecule has 1 heterocycles. The molecule has 3 rings (SSSR count). The first-order valence-electron chi connectivity index (χ1n) is 5.88. The summed E-state index contributed by atoms with van der Waals surface area (Å²) >= 11 is 0. The number of fused-ring (bicyclic) bond motifs is 1. The number of rotatable bonds is 3. The molecule has 0 unspecified atom stereocenters. The summed E-state index contributed by atoms with van der Waals surface area (Å²) in [4.78, 5) is 15.3. The van der Waals surface area contributed by atoms with E-state index in [2.05, 4.69) is 4.98 Å². The molecule has 0 aliphatic heterocycles. The maximum absolute atomic E-state index is 12.1. The third kappa shape index (κ3) is 2.74. The summed E-state index contributed by atoms with van der Waals surface area (Å²) in [6, 6.07) is 17.3. The van der Waals surface area contributed by atoms with Gasteiger partial charge >= 0.3 is 0 Å². The van der Waals surface area contributed by atoms with Crippen LogP contribution in [0.2, 0.25) is 0 Å². The lowest BCUT2D eigenvalue weighted by Gasteiger charge is -1.98. The second-order valence-electron chi connectivity index (χ2n) is 4.21. The summed E-state index contributed by atoms with van der Waals surface area (Å²) in [7, 11) is 0. The highest BCUT2D eigenvalue weighted by Crippen LogP contribution is 2.06. The number of carbonyl (C=O) groups is 1. The van der Waals surface area contributed by atoms with Gasteiger partial charge in [-0.2, -0.15) is 0 Å². The predicted molar refractivity (Wildman–Crippen MR) is 69.3 cm³/mol. The van der Waals surface area contributed by atoms with E-state index in [-0.39, 0.29) is 22.8 Å². The zero-order valence-electron chi connectivity index (χ0n) is 10.2. The molecule has 1 N–H and O–H groups in total. The first-order chi connectivity index (χ1) is 8.84. The number of aromatic nitrogens is 2. The maximum atomic E-state index is 12.1. The number of nitrogens with zero attached hydrogens (tertiary/aromatic N) is 1. The van der Waals surface area contributed by atoms with E-state index in [4.69, 9.17) is 0 Å². The van der Waals surface area contributed by atoms with Crippen LogP contribution in [-0.2, 0) is 6.54 Å². The van der Waals surface area contributed by atoms with Crippen molar-refractivity contribution in [2.45, 2.75) is 6.54 Å². The van der Waals surface area contributed by atoms with Crippen LogP contribution in [0.1, 0.15) is 10.4 Å². The lowest BCUT2D eigenvalue weighted by molar-refractivity contribution is -0.656. The Balaban J connectivity index is 0.00000133. The number of hydrogen-bond donors (Lipinski definition) is 1. The Morgan fingerprint density at radius 2 is 1.68 bits per heavy atom.